The van der Waals surface area contributed by atoms with Crippen LogP contribution in [0.15, 0.2) is 51.5 Å². The van der Waals surface area contributed by atoms with Crippen LogP contribution in [0, 0.1) is 6.92 Å². The van der Waals surface area contributed by atoms with Crippen LogP contribution in [0.25, 0.3) is 0 Å². The standard InChI is InChI=1S/C14H15N3O4S.Na/c1-9-7-12(15)14(21-2)8-13(9)17-16-10-3-5-11(6-4-10)22(18,19)20;/h3-8H,15H2,1-2H3,(H,18,19,20);. The Morgan fingerprint density at radius 3 is 2.26 bits per heavy atom. The molecule has 0 atom stereocenters. The first-order valence-corrected chi connectivity index (χ1v) is 7.68. The minimum atomic E-state index is -4.21. The first-order chi connectivity index (χ1) is 10.3. The topological polar surface area (TPSA) is 114 Å². The van der Waals surface area contributed by atoms with E-state index < -0.39 is 10.1 Å². The van der Waals surface area contributed by atoms with Crippen molar-refractivity contribution in [3.05, 3.63) is 42.0 Å². The normalized spacial score (nSPS) is 11.3. The minimum absolute atomic E-state index is 0. The number of ether oxygens (including phenoxy) is 1. The predicted molar refractivity (Wildman–Crippen MR) is 88.3 cm³/mol. The Morgan fingerprint density at radius 1 is 1.13 bits per heavy atom. The molecule has 1 radical (unpaired) electrons. The van der Waals surface area contributed by atoms with Gasteiger partial charge in [0, 0.05) is 35.6 Å². The molecule has 2 aromatic rings. The van der Waals surface area contributed by atoms with Crippen molar-refractivity contribution >= 4 is 56.7 Å². The Morgan fingerprint density at radius 2 is 1.74 bits per heavy atom. The summed E-state index contributed by atoms with van der Waals surface area (Å²) in [5, 5.41) is 8.11. The van der Waals surface area contributed by atoms with Crippen LogP contribution < -0.4 is 10.5 Å². The molecule has 7 nitrogen and oxygen atoms in total. The Bertz CT molecular complexity index is 821. The van der Waals surface area contributed by atoms with E-state index in [0.717, 1.165) is 5.56 Å². The first-order valence-electron chi connectivity index (χ1n) is 6.24. The molecule has 0 bridgehead atoms. The van der Waals surface area contributed by atoms with Crippen LogP contribution in [0.1, 0.15) is 5.56 Å². The van der Waals surface area contributed by atoms with Gasteiger partial charge in [-0.3, -0.25) is 4.55 Å². The van der Waals surface area contributed by atoms with Crippen LogP contribution in [-0.2, 0) is 10.1 Å². The van der Waals surface area contributed by atoms with Crippen molar-refractivity contribution in [1.29, 1.82) is 0 Å². The maximum atomic E-state index is 10.9. The molecule has 0 aliphatic heterocycles. The van der Waals surface area contributed by atoms with Gasteiger partial charge in [-0.15, -0.1) is 0 Å². The number of rotatable bonds is 4. The Balaban J connectivity index is 0.00000264. The Labute approximate surface area is 156 Å². The SMILES string of the molecule is COc1cc(N=Nc2ccc(S(=O)(=O)O)cc2)c(C)cc1N.[Na]. The number of hydrogen-bond donors (Lipinski definition) is 2. The van der Waals surface area contributed by atoms with E-state index >= 15 is 0 Å². The van der Waals surface area contributed by atoms with Crippen molar-refractivity contribution in [1.82, 2.24) is 0 Å². The second-order valence-corrected chi connectivity index (χ2v) is 5.97. The fraction of sp³-hybridized carbons (Fsp3) is 0.143. The molecule has 0 heterocycles. The van der Waals surface area contributed by atoms with Gasteiger partial charge in [0.1, 0.15) is 5.75 Å². The Kier molecular flexibility index (Phi) is 6.72. The number of anilines is 1. The van der Waals surface area contributed by atoms with E-state index in [2.05, 4.69) is 10.2 Å². The van der Waals surface area contributed by atoms with Crippen LogP contribution in [0.5, 0.6) is 5.75 Å². The molecule has 0 fully saturated rings. The molecular weight excluding hydrogens is 329 g/mol. The largest absolute Gasteiger partial charge is 0.495 e. The zero-order chi connectivity index (χ0) is 16.3. The smallest absolute Gasteiger partial charge is 0.294 e. The van der Waals surface area contributed by atoms with Crippen LogP contribution in [-0.4, -0.2) is 49.6 Å². The number of hydrogen-bond acceptors (Lipinski definition) is 6. The molecule has 0 spiro atoms. The molecule has 0 saturated carbocycles. The van der Waals surface area contributed by atoms with Gasteiger partial charge in [-0.25, -0.2) is 0 Å². The van der Waals surface area contributed by atoms with Gasteiger partial charge in [-0.1, -0.05) is 0 Å². The molecule has 0 aromatic heterocycles. The van der Waals surface area contributed by atoms with Crippen molar-refractivity contribution in [3.8, 4) is 5.75 Å². The molecule has 117 valence electrons. The van der Waals surface area contributed by atoms with Gasteiger partial charge < -0.3 is 10.5 Å². The molecule has 0 aliphatic rings. The fourth-order valence-electron chi connectivity index (χ4n) is 1.78. The zero-order valence-electron chi connectivity index (χ0n) is 13.0. The molecule has 2 aromatic carbocycles. The molecular formula is C14H15N3NaO4S. The number of nitrogen functional groups attached to an aromatic ring is 1. The second kappa shape index (κ2) is 7.89. The number of methoxy groups -OCH3 is 1. The average Bonchev–Trinajstić information content (AvgIpc) is 2.46. The van der Waals surface area contributed by atoms with E-state index in [1.165, 1.54) is 31.4 Å². The third-order valence-corrected chi connectivity index (χ3v) is 3.82. The van der Waals surface area contributed by atoms with E-state index in [0.29, 0.717) is 22.8 Å². The third-order valence-electron chi connectivity index (χ3n) is 2.96. The first kappa shape index (κ1) is 19.6. The van der Waals surface area contributed by atoms with Crippen molar-refractivity contribution in [3.63, 3.8) is 0 Å². The average molecular weight is 344 g/mol. The van der Waals surface area contributed by atoms with Gasteiger partial charge in [0.15, 0.2) is 0 Å². The number of benzene rings is 2. The number of aryl methyl sites for hydroxylation is 1. The summed E-state index contributed by atoms with van der Waals surface area (Å²) < 4.78 is 35.9. The van der Waals surface area contributed by atoms with Gasteiger partial charge in [-0.2, -0.15) is 18.6 Å². The molecule has 23 heavy (non-hydrogen) atoms. The van der Waals surface area contributed by atoms with Crippen molar-refractivity contribution in [2.45, 2.75) is 11.8 Å². The van der Waals surface area contributed by atoms with E-state index in [-0.39, 0.29) is 34.5 Å². The van der Waals surface area contributed by atoms with Crippen LogP contribution in [0.2, 0.25) is 0 Å². The molecule has 0 unspecified atom stereocenters. The van der Waals surface area contributed by atoms with Gasteiger partial charge in [0.2, 0.25) is 0 Å². The predicted octanol–water partition coefficient (Wildman–Crippen LogP) is 2.87. The van der Waals surface area contributed by atoms with Gasteiger partial charge in [0.25, 0.3) is 10.1 Å². The summed E-state index contributed by atoms with van der Waals surface area (Å²) in [6.07, 6.45) is 0. The number of nitrogens with two attached hydrogens (primary N) is 1. The minimum Gasteiger partial charge on any atom is -0.495 e. The Hall–Kier alpha value is -1.45. The summed E-state index contributed by atoms with van der Waals surface area (Å²) in [7, 11) is -2.70. The number of azo groups is 1. The van der Waals surface area contributed by atoms with Crippen molar-refractivity contribution in [2.24, 2.45) is 10.2 Å². The van der Waals surface area contributed by atoms with Crippen LogP contribution >= 0.6 is 0 Å². The molecule has 0 amide bonds. The maximum absolute atomic E-state index is 10.9. The summed E-state index contributed by atoms with van der Waals surface area (Å²) in [6.45, 7) is 1.84. The second-order valence-electron chi connectivity index (χ2n) is 4.55. The summed E-state index contributed by atoms with van der Waals surface area (Å²) in [5.74, 6) is 0.501. The van der Waals surface area contributed by atoms with Crippen molar-refractivity contribution in [2.75, 3.05) is 12.8 Å². The molecule has 0 aliphatic carbocycles. The van der Waals surface area contributed by atoms with E-state index in [4.69, 9.17) is 15.0 Å². The summed E-state index contributed by atoms with van der Waals surface area (Å²) in [6, 6.07) is 8.78. The van der Waals surface area contributed by atoms with E-state index in [9.17, 15) is 8.42 Å². The maximum Gasteiger partial charge on any atom is 0.294 e. The van der Waals surface area contributed by atoms with Crippen LogP contribution in [0.4, 0.5) is 17.1 Å². The van der Waals surface area contributed by atoms with Crippen molar-refractivity contribution < 1.29 is 17.7 Å². The van der Waals surface area contributed by atoms with E-state index in [1.807, 2.05) is 6.92 Å². The summed E-state index contributed by atoms with van der Waals surface area (Å²) >= 11 is 0. The quantitative estimate of drug-likeness (QED) is 0.383. The van der Waals surface area contributed by atoms with E-state index in [1.54, 1.807) is 12.1 Å². The molecule has 9 heteroatoms. The van der Waals surface area contributed by atoms with Gasteiger partial charge in [0.05, 0.1) is 29.1 Å². The molecule has 3 N–H and O–H groups in total. The fourth-order valence-corrected chi connectivity index (χ4v) is 2.26. The molecule has 0 saturated heterocycles. The van der Waals surface area contributed by atoms with Crippen LogP contribution in [0.3, 0.4) is 0 Å². The molecule has 2 rings (SSSR count). The third kappa shape index (κ3) is 5.02. The van der Waals surface area contributed by atoms with Gasteiger partial charge in [-0.05, 0) is 42.8 Å². The summed E-state index contributed by atoms with van der Waals surface area (Å²) in [4.78, 5) is -0.197. The number of nitrogens with zero attached hydrogens (tertiary/aromatic N) is 2. The monoisotopic (exact) mass is 344 g/mol. The van der Waals surface area contributed by atoms with Gasteiger partial charge >= 0.3 is 0 Å². The zero-order valence-corrected chi connectivity index (χ0v) is 15.8. The summed E-state index contributed by atoms with van der Waals surface area (Å²) in [5.41, 5.74) is 8.16.